The van der Waals surface area contributed by atoms with Gasteiger partial charge in [-0.25, -0.2) is 0 Å². The van der Waals surface area contributed by atoms with Gasteiger partial charge in [-0.1, -0.05) is 13.8 Å². The summed E-state index contributed by atoms with van der Waals surface area (Å²) in [6.45, 7) is 4.90. The number of thiophene rings is 1. The Balaban J connectivity index is 2.48. The highest BCUT2D eigenvalue weighted by Gasteiger charge is 2.15. The number of carbonyl (C=O) groups excluding carboxylic acids is 1. The second-order valence-corrected chi connectivity index (χ2v) is 6.85. The third-order valence-electron chi connectivity index (χ3n) is 2.82. The molecule has 0 spiro atoms. The molecule has 17 heavy (non-hydrogen) atoms. The number of rotatable bonds is 5. The van der Waals surface area contributed by atoms with E-state index < -0.39 is 0 Å². The highest BCUT2D eigenvalue weighted by atomic mass is 79.9. The molecule has 0 aliphatic rings. The third kappa shape index (κ3) is 4.41. The Morgan fingerprint density at radius 2 is 2.24 bits per heavy atom. The monoisotopic (exact) mass is 318 g/mol. The molecule has 1 rings (SSSR count). The summed E-state index contributed by atoms with van der Waals surface area (Å²) in [4.78, 5) is 13.7. The summed E-state index contributed by atoms with van der Waals surface area (Å²) in [6, 6.07) is 2.01. The quantitative estimate of drug-likeness (QED) is 0.907. The van der Waals surface area contributed by atoms with Gasteiger partial charge < -0.3 is 10.6 Å². The first kappa shape index (κ1) is 14.7. The standard InChI is InChI=1S/C12H19BrN2OS/c1-8(2)10(14)4-5-15(3)12(16)9-6-11(13)17-7-9/h6-8,10H,4-5,14H2,1-3H3. The fourth-order valence-electron chi connectivity index (χ4n) is 1.42. The van der Waals surface area contributed by atoms with Crippen LogP contribution in [0.5, 0.6) is 0 Å². The number of carbonyl (C=O) groups is 1. The molecular weight excluding hydrogens is 300 g/mol. The lowest BCUT2D eigenvalue weighted by Crippen LogP contribution is -2.34. The van der Waals surface area contributed by atoms with Gasteiger partial charge in [0, 0.05) is 25.0 Å². The topological polar surface area (TPSA) is 46.3 Å². The van der Waals surface area contributed by atoms with Crippen molar-refractivity contribution in [2.45, 2.75) is 26.3 Å². The molecule has 0 saturated carbocycles. The van der Waals surface area contributed by atoms with Crippen LogP contribution >= 0.6 is 27.3 Å². The van der Waals surface area contributed by atoms with Gasteiger partial charge in [-0.2, -0.15) is 0 Å². The minimum atomic E-state index is 0.0582. The lowest BCUT2D eigenvalue weighted by molar-refractivity contribution is 0.0789. The number of amides is 1. The molecular formula is C12H19BrN2OS. The normalized spacial score (nSPS) is 12.8. The van der Waals surface area contributed by atoms with E-state index in [1.807, 2.05) is 18.5 Å². The zero-order valence-corrected chi connectivity index (χ0v) is 12.8. The Morgan fingerprint density at radius 1 is 1.59 bits per heavy atom. The number of hydrogen-bond donors (Lipinski definition) is 1. The van der Waals surface area contributed by atoms with Crippen LogP contribution in [-0.4, -0.2) is 30.4 Å². The summed E-state index contributed by atoms with van der Waals surface area (Å²) in [5.41, 5.74) is 6.70. The molecule has 1 aromatic heterocycles. The van der Waals surface area contributed by atoms with E-state index in [0.717, 1.165) is 15.8 Å². The van der Waals surface area contributed by atoms with E-state index in [1.165, 1.54) is 11.3 Å². The highest BCUT2D eigenvalue weighted by molar-refractivity contribution is 9.11. The average Bonchev–Trinajstić information content (AvgIpc) is 2.70. The number of hydrogen-bond acceptors (Lipinski definition) is 3. The van der Waals surface area contributed by atoms with Crippen molar-refractivity contribution in [3.8, 4) is 0 Å². The summed E-state index contributed by atoms with van der Waals surface area (Å²) in [5, 5.41) is 1.87. The first-order valence-electron chi connectivity index (χ1n) is 5.67. The molecule has 1 heterocycles. The van der Waals surface area contributed by atoms with E-state index >= 15 is 0 Å². The molecule has 5 heteroatoms. The van der Waals surface area contributed by atoms with Crippen molar-refractivity contribution < 1.29 is 4.79 Å². The lowest BCUT2D eigenvalue weighted by atomic mass is 10.0. The molecule has 3 nitrogen and oxygen atoms in total. The molecule has 2 N–H and O–H groups in total. The smallest absolute Gasteiger partial charge is 0.254 e. The molecule has 1 aromatic rings. The summed E-state index contributed by atoms with van der Waals surface area (Å²) >= 11 is 4.88. The fraction of sp³-hybridized carbons (Fsp3) is 0.583. The Bertz CT molecular complexity index is 378. The van der Waals surface area contributed by atoms with Crippen molar-refractivity contribution in [2.24, 2.45) is 11.7 Å². The highest BCUT2D eigenvalue weighted by Crippen LogP contribution is 2.21. The average molecular weight is 319 g/mol. The van der Waals surface area contributed by atoms with Crippen molar-refractivity contribution in [1.82, 2.24) is 4.90 Å². The van der Waals surface area contributed by atoms with Crippen molar-refractivity contribution in [3.05, 3.63) is 20.8 Å². The molecule has 1 unspecified atom stereocenters. The van der Waals surface area contributed by atoms with Crippen LogP contribution in [0.2, 0.25) is 0 Å². The molecule has 0 bridgehead atoms. The third-order valence-corrected chi connectivity index (χ3v) is 4.32. The Hall–Kier alpha value is -0.390. The van der Waals surface area contributed by atoms with Crippen LogP contribution in [0.3, 0.4) is 0 Å². The number of nitrogens with zero attached hydrogens (tertiary/aromatic N) is 1. The Kier molecular flexibility index (Phi) is 5.62. The van der Waals surface area contributed by atoms with Gasteiger partial charge in [-0.3, -0.25) is 4.79 Å². The number of nitrogens with two attached hydrogens (primary N) is 1. The zero-order valence-electron chi connectivity index (χ0n) is 10.4. The second kappa shape index (κ2) is 6.52. The fourth-order valence-corrected chi connectivity index (χ4v) is 2.55. The van der Waals surface area contributed by atoms with E-state index in [1.54, 1.807) is 4.90 Å². The zero-order chi connectivity index (χ0) is 13.0. The molecule has 1 amide bonds. The van der Waals surface area contributed by atoms with Gasteiger partial charge in [0.1, 0.15) is 0 Å². The molecule has 0 aliphatic heterocycles. The van der Waals surface area contributed by atoms with E-state index in [4.69, 9.17) is 5.73 Å². The minimum absolute atomic E-state index is 0.0582. The first-order chi connectivity index (χ1) is 7.91. The van der Waals surface area contributed by atoms with E-state index in [-0.39, 0.29) is 11.9 Å². The van der Waals surface area contributed by atoms with Crippen LogP contribution < -0.4 is 5.73 Å². The largest absolute Gasteiger partial charge is 0.342 e. The van der Waals surface area contributed by atoms with Gasteiger partial charge in [0.05, 0.1) is 9.35 Å². The van der Waals surface area contributed by atoms with Crippen LogP contribution in [0.1, 0.15) is 30.6 Å². The van der Waals surface area contributed by atoms with Crippen molar-refractivity contribution in [2.75, 3.05) is 13.6 Å². The van der Waals surface area contributed by atoms with Crippen molar-refractivity contribution >= 4 is 33.2 Å². The maximum Gasteiger partial charge on any atom is 0.254 e. The Morgan fingerprint density at radius 3 is 2.71 bits per heavy atom. The van der Waals surface area contributed by atoms with Gasteiger partial charge in [-0.05, 0) is 34.3 Å². The summed E-state index contributed by atoms with van der Waals surface area (Å²) in [7, 11) is 1.82. The SMILES string of the molecule is CC(C)C(N)CCN(C)C(=O)c1csc(Br)c1. The maximum absolute atomic E-state index is 12.0. The summed E-state index contributed by atoms with van der Waals surface area (Å²) in [5.74, 6) is 0.511. The van der Waals surface area contributed by atoms with Gasteiger partial charge in [0.15, 0.2) is 0 Å². The maximum atomic E-state index is 12.0. The Labute approximate surface area is 115 Å². The van der Waals surface area contributed by atoms with Crippen molar-refractivity contribution in [1.29, 1.82) is 0 Å². The molecule has 0 saturated heterocycles. The van der Waals surface area contributed by atoms with Gasteiger partial charge >= 0.3 is 0 Å². The second-order valence-electron chi connectivity index (χ2n) is 4.56. The predicted molar refractivity (Wildman–Crippen MR) is 76.4 cm³/mol. The van der Waals surface area contributed by atoms with E-state index in [2.05, 4.69) is 29.8 Å². The first-order valence-corrected chi connectivity index (χ1v) is 7.34. The van der Waals surface area contributed by atoms with Crippen LogP contribution in [0.4, 0.5) is 0 Å². The molecule has 0 fully saturated rings. The molecule has 1 atom stereocenters. The molecule has 0 radical (unpaired) electrons. The van der Waals surface area contributed by atoms with Crippen LogP contribution in [-0.2, 0) is 0 Å². The molecule has 96 valence electrons. The molecule has 0 aliphatic carbocycles. The van der Waals surface area contributed by atoms with Crippen LogP contribution in [0, 0.1) is 5.92 Å². The van der Waals surface area contributed by atoms with Gasteiger partial charge in [0.2, 0.25) is 0 Å². The summed E-state index contributed by atoms with van der Waals surface area (Å²) in [6.07, 6.45) is 0.839. The van der Waals surface area contributed by atoms with E-state index in [9.17, 15) is 4.79 Å². The van der Waals surface area contributed by atoms with E-state index in [0.29, 0.717) is 12.5 Å². The van der Waals surface area contributed by atoms with Gasteiger partial charge in [-0.15, -0.1) is 11.3 Å². The predicted octanol–water partition coefficient (Wildman–Crippen LogP) is 2.96. The van der Waals surface area contributed by atoms with Crippen LogP contribution in [0.15, 0.2) is 15.2 Å². The summed E-state index contributed by atoms with van der Waals surface area (Å²) < 4.78 is 0.980. The van der Waals surface area contributed by atoms with Crippen LogP contribution in [0.25, 0.3) is 0 Å². The lowest BCUT2D eigenvalue weighted by Gasteiger charge is -2.21. The minimum Gasteiger partial charge on any atom is -0.342 e. The number of halogens is 1. The van der Waals surface area contributed by atoms with Crippen molar-refractivity contribution in [3.63, 3.8) is 0 Å². The van der Waals surface area contributed by atoms with Gasteiger partial charge in [0.25, 0.3) is 5.91 Å². The molecule has 0 aromatic carbocycles.